The minimum atomic E-state index is 0.482. The topological polar surface area (TPSA) is 75.6 Å². The van der Waals surface area contributed by atoms with Crippen molar-refractivity contribution in [3.8, 4) is 51.4 Å². The van der Waals surface area contributed by atoms with Crippen LogP contribution in [0, 0.1) is 11.3 Å². The second kappa shape index (κ2) is 9.37. The number of furan rings is 1. The SMILES string of the molecule is N#Cc1ccccc1-c1ccc2c(oc3ccccc32)c1-c1nc(-c2ccccc2)nc(-c2ccccc2)n1. The van der Waals surface area contributed by atoms with E-state index in [2.05, 4.69) is 6.07 Å². The van der Waals surface area contributed by atoms with Gasteiger partial charge >= 0.3 is 0 Å². The zero-order valence-electron chi connectivity index (χ0n) is 20.7. The summed E-state index contributed by atoms with van der Waals surface area (Å²) < 4.78 is 6.48. The Morgan fingerprint density at radius 2 is 1.10 bits per heavy atom. The third-order valence-electron chi connectivity index (χ3n) is 6.81. The van der Waals surface area contributed by atoms with E-state index < -0.39 is 0 Å². The van der Waals surface area contributed by atoms with Crippen LogP contribution >= 0.6 is 0 Å². The Balaban J connectivity index is 1.60. The molecule has 5 nitrogen and oxygen atoms in total. The van der Waals surface area contributed by atoms with Gasteiger partial charge in [0.15, 0.2) is 17.5 Å². The summed E-state index contributed by atoms with van der Waals surface area (Å²) in [6.45, 7) is 0. The molecule has 0 saturated heterocycles. The summed E-state index contributed by atoms with van der Waals surface area (Å²) in [4.78, 5) is 14.8. The van der Waals surface area contributed by atoms with Gasteiger partial charge in [-0.1, -0.05) is 103 Å². The Labute approximate surface area is 224 Å². The van der Waals surface area contributed by atoms with Gasteiger partial charge < -0.3 is 4.42 Å². The molecular formula is C34H20N4O. The number of para-hydroxylation sites is 1. The van der Waals surface area contributed by atoms with Crippen LogP contribution < -0.4 is 0 Å². The van der Waals surface area contributed by atoms with Crippen LogP contribution in [0.25, 0.3) is 67.2 Å². The minimum absolute atomic E-state index is 0.482. The minimum Gasteiger partial charge on any atom is -0.455 e. The summed E-state index contributed by atoms with van der Waals surface area (Å²) in [5.74, 6) is 1.61. The molecule has 182 valence electrons. The number of nitrogens with zero attached hydrogens (tertiary/aromatic N) is 4. The van der Waals surface area contributed by atoms with Crippen molar-refractivity contribution in [2.45, 2.75) is 0 Å². The maximum atomic E-state index is 9.94. The molecule has 0 radical (unpaired) electrons. The van der Waals surface area contributed by atoms with E-state index in [0.717, 1.165) is 44.2 Å². The average Bonchev–Trinajstić information content (AvgIpc) is 3.40. The molecule has 7 aromatic rings. The molecule has 39 heavy (non-hydrogen) atoms. The van der Waals surface area contributed by atoms with Crippen LogP contribution in [-0.4, -0.2) is 15.0 Å². The van der Waals surface area contributed by atoms with Gasteiger partial charge in [0.2, 0.25) is 0 Å². The van der Waals surface area contributed by atoms with Crippen LogP contribution in [0.2, 0.25) is 0 Å². The Hall–Kier alpha value is -5.60. The standard InChI is InChI=1S/C34H20N4O/c35-21-24-15-7-8-16-25(24)27-19-20-28-26-17-9-10-18-29(26)39-31(28)30(27)34-37-32(22-11-3-1-4-12-22)36-33(38-34)23-13-5-2-6-14-23/h1-20H. The molecule has 0 amide bonds. The lowest BCUT2D eigenvalue weighted by molar-refractivity contribution is 0.669. The average molecular weight is 501 g/mol. The van der Waals surface area contributed by atoms with E-state index in [9.17, 15) is 5.26 Å². The lowest BCUT2D eigenvalue weighted by Gasteiger charge is -2.13. The third-order valence-corrected chi connectivity index (χ3v) is 6.81. The highest BCUT2D eigenvalue weighted by atomic mass is 16.3. The highest BCUT2D eigenvalue weighted by Gasteiger charge is 2.22. The van der Waals surface area contributed by atoms with Crippen LogP contribution in [0.4, 0.5) is 0 Å². The van der Waals surface area contributed by atoms with Crippen molar-refractivity contribution in [3.63, 3.8) is 0 Å². The van der Waals surface area contributed by atoms with E-state index in [-0.39, 0.29) is 0 Å². The number of benzene rings is 5. The third kappa shape index (κ3) is 3.92. The molecule has 0 aliphatic carbocycles. The molecule has 0 aliphatic heterocycles. The first-order chi connectivity index (χ1) is 19.3. The van der Waals surface area contributed by atoms with Gasteiger partial charge in [0.25, 0.3) is 0 Å². The van der Waals surface area contributed by atoms with Gasteiger partial charge in [0, 0.05) is 27.5 Å². The number of hydrogen-bond donors (Lipinski definition) is 0. The predicted octanol–water partition coefficient (Wildman–Crippen LogP) is 8.31. The summed E-state index contributed by atoms with van der Waals surface area (Å²) in [5, 5.41) is 11.9. The highest BCUT2D eigenvalue weighted by molar-refractivity contribution is 6.12. The molecule has 2 heterocycles. The second-order valence-electron chi connectivity index (χ2n) is 9.16. The molecule has 5 heteroatoms. The van der Waals surface area contributed by atoms with Gasteiger partial charge in [-0.05, 0) is 23.8 Å². The number of nitriles is 1. The lowest BCUT2D eigenvalue weighted by atomic mass is 9.93. The summed E-state index contributed by atoms with van der Waals surface area (Å²) in [6.07, 6.45) is 0. The van der Waals surface area contributed by atoms with Crippen molar-refractivity contribution in [2.24, 2.45) is 0 Å². The fourth-order valence-electron chi connectivity index (χ4n) is 4.97. The Bertz CT molecular complexity index is 1960. The van der Waals surface area contributed by atoms with Gasteiger partial charge in [-0.3, -0.25) is 0 Å². The molecular weight excluding hydrogens is 480 g/mol. The molecule has 5 aromatic carbocycles. The van der Waals surface area contributed by atoms with Gasteiger partial charge in [-0.25, -0.2) is 15.0 Å². The molecule has 0 spiro atoms. The quantitative estimate of drug-likeness (QED) is 0.243. The van der Waals surface area contributed by atoms with E-state index in [1.807, 2.05) is 121 Å². The Morgan fingerprint density at radius 3 is 1.79 bits per heavy atom. The van der Waals surface area contributed by atoms with Gasteiger partial charge in [-0.2, -0.15) is 5.26 Å². The smallest absolute Gasteiger partial charge is 0.168 e. The zero-order valence-corrected chi connectivity index (χ0v) is 20.7. The number of hydrogen-bond acceptors (Lipinski definition) is 5. The first-order valence-corrected chi connectivity index (χ1v) is 12.6. The fraction of sp³-hybridized carbons (Fsp3) is 0. The first-order valence-electron chi connectivity index (χ1n) is 12.6. The van der Waals surface area contributed by atoms with Crippen LogP contribution in [-0.2, 0) is 0 Å². The second-order valence-corrected chi connectivity index (χ2v) is 9.16. The van der Waals surface area contributed by atoms with E-state index >= 15 is 0 Å². The summed E-state index contributed by atoms with van der Waals surface area (Å²) >= 11 is 0. The Morgan fingerprint density at radius 1 is 0.513 bits per heavy atom. The number of fused-ring (bicyclic) bond motifs is 3. The number of aromatic nitrogens is 3. The summed E-state index contributed by atoms with van der Waals surface area (Å²) in [6, 6.07) is 41.7. The zero-order chi connectivity index (χ0) is 26.2. The van der Waals surface area contributed by atoms with Gasteiger partial charge in [0.1, 0.15) is 11.2 Å². The molecule has 0 N–H and O–H groups in total. The van der Waals surface area contributed by atoms with Gasteiger partial charge in [-0.15, -0.1) is 0 Å². The van der Waals surface area contributed by atoms with E-state index in [4.69, 9.17) is 19.4 Å². The molecule has 0 atom stereocenters. The van der Waals surface area contributed by atoms with E-state index in [0.29, 0.717) is 28.6 Å². The first kappa shape index (κ1) is 22.6. The van der Waals surface area contributed by atoms with Crippen molar-refractivity contribution < 1.29 is 4.42 Å². The van der Waals surface area contributed by atoms with Crippen molar-refractivity contribution in [3.05, 3.63) is 127 Å². The maximum Gasteiger partial charge on any atom is 0.168 e. The van der Waals surface area contributed by atoms with Crippen molar-refractivity contribution in [2.75, 3.05) is 0 Å². The van der Waals surface area contributed by atoms with Crippen molar-refractivity contribution in [1.29, 1.82) is 5.26 Å². The van der Waals surface area contributed by atoms with Gasteiger partial charge in [0.05, 0.1) is 17.2 Å². The van der Waals surface area contributed by atoms with Crippen molar-refractivity contribution >= 4 is 21.9 Å². The molecule has 0 unspecified atom stereocenters. The van der Waals surface area contributed by atoms with E-state index in [1.165, 1.54) is 0 Å². The van der Waals surface area contributed by atoms with Crippen LogP contribution in [0.5, 0.6) is 0 Å². The molecule has 0 bridgehead atoms. The van der Waals surface area contributed by atoms with Crippen LogP contribution in [0.15, 0.2) is 126 Å². The molecule has 0 fully saturated rings. The van der Waals surface area contributed by atoms with E-state index in [1.54, 1.807) is 0 Å². The number of rotatable bonds is 4. The molecule has 2 aromatic heterocycles. The summed E-state index contributed by atoms with van der Waals surface area (Å²) in [5.41, 5.74) is 6.12. The fourth-order valence-corrected chi connectivity index (χ4v) is 4.97. The van der Waals surface area contributed by atoms with Crippen LogP contribution in [0.3, 0.4) is 0 Å². The Kier molecular flexibility index (Phi) is 5.42. The lowest BCUT2D eigenvalue weighted by Crippen LogP contribution is -2.01. The largest absolute Gasteiger partial charge is 0.455 e. The molecule has 0 aliphatic rings. The summed E-state index contributed by atoms with van der Waals surface area (Å²) in [7, 11) is 0. The van der Waals surface area contributed by atoms with Crippen molar-refractivity contribution in [1.82, 2.24) is 15.0 Å². The normalized spacial score (nSPS) is 11.1. The molecule has 0 saturated carbocycles. The molecule has 7 rings (SSSR count). The predicted molar refractivity (Wildman–Crippen MR) is 154 cm³/mol. The van der Waals surface area contributed by atoms with Crippen LogP contribution in [0.1, 0.15) is 5.56 Å². The maximum absolute atomic E-state index is 9.94. The monoisotopic (exact) mass is 500 g/mol. The highest BCUT2D eigenvalue weighted by Crippen LogP contribution is 2.42.